The van der Waals surface area contributed by atoms with E-state index in [-0.39, 0.29) is 0 Å². The lowest BCUT2D eigenvalue weighted by Crippen LogP contribution is -2.16. The average molecular weight is 377 g/mol. The second-order valence-electron chi connectivity index (χ2n) is 3.85. The van der Waals surface area contributed by atoms with Crippen molar-refractivity contribution in [3.8, 4) is 11.3 Å². The topological polar surface area (TPSA) is 38.1 Å². The van der Waals surface area contributed by atoms with E-state index in [1.165, 1.54) is 0 Å². The van der Waals surface area contributed by atoms with E-state index in [0.717, 1.165) is 40.3 Å². The molecule has 0 unspecified atom stereocenters. The number of oxazole rings is 1. The number of hydrogen-bond donors (Lipinski definition) is 1. The number of benzene rings is 1. The summed E-state index contributed by atoms with van der Waals surface area (Å²) in [4.78, 5) is 4.28. The van der Waals surface area contributed by atoms with Crippen molar-refractivity contribution in [2.45, 2.75) is 13.3 Å². The van der Waals surface area contributed by atoms with E-state index < -0.39 is 0 Å². The van der Waals surface area contributed by atoms with Gasteiger partial charge in [0, 0.05) is 27.1 Å². The molecule has 0 bridgehead atoms. The quantitative estimate of drug-likeness (QED) is 0.638. The smallest absolute Gasteiger partial charge is 0.196 e. The van der Waals surface area contributed by atoms with Crippen molar-refractivity contribution in [2.75, 3.05) is 13.1 Å². The highest BCUT2D eigenvalue weighted by molar-refractivity contribution is 14.1. The molecule has 3 nitrogen and oxygen atoms in total. The first kappa shape index (κ1) is 13.8. The molecule has 0 saturated heterocycles. The molecule has 0 saturated carbocycles. The van der Waals surface area contributed by atoms with E-state index in [9.17, 15) is 0 Å². The van der Waals surface area contributed by atoms with Gasteiger partial charge in [0.25, 0.3) is 0 Å². The molecule has 1 heterocycles. The van der Waals surface area contributed by atoms with Gasteiger partial charge in [-0.15, -0.1) is 0 Å². The Balaban J connectivity index is 2.16. The van der Waals surface area contributed by atoms with Crippen LogP contribution in [-0.4, -0.2) is 18.1 Å². The normalized spacial score (nSPS) is 10.8. The molecule has 0 amide bonds. The first-order valence-corrected chi connectivity index (χ1v) is 7.27. The lowest BCUT2D eigenvalue weighted by molar-refractivity contribution is 0.497. The lowest BCUT2D eigenvalue weighted by atomic mass is 10.2. The summed E-state index contributed by atoms with van der Waals surface area (Å²) < 4.78 is 6.84. The molecule has 0 aliphatic carbocycles. The molecule has 18 heavy (non-hydrogen) atoms. The van der Waals surface area contributed by atoms with Crippen molar-refractivity contribution < 1.29 is 4.42 Å². The van der Waals surface area contributed by atoms with Crippen molar-refractivity contribution in [2.24, 2.45) is 0 Å². The molecule has 0 aliphatic rings. The van der Waals surface area contributed by atoms with Gasteiger partial charge in [0.2, 0.25) is 0 Å². The fourth-order valence-electron chi connectivity index (χ4n) is 1.61. The summed E-state index contributed by atoms with van der Waals surface area (Å²) in [7, 11) is 0. The second kappa shape index (κ2) is 6.54. The molecule has 0 radical (unpaired) electrons. The zero-order chi connectivity index (χ0) is 13.0. The first-order valence-electron chi connectivity index (χ1n) is 5.81. The van der Waals surface area contributed by atoms with Crippen molar-refractivity contribution in [3.05, 3.63) is 38.9 Å². The zero-order valence-electron chi connectivity index (χ0n) is 10.0. The molecule has 2 aromatic rings. The molecule has 0 aliphatic heterocycles. The van der Waals surface area contributed by atoms with Crippen molar-refractivity contribution >= 4 is 34.2 Å². The maximum Gasteiger partial charge on any atom is 0.196 e. The number of nitrogens with one attached hydrogen (secondary N) is 1. The van der Waals surface area contributed by atoms with Crippen LogP contribution in [0.2, 0.25) is 5.02 Å². The standard InChI is InChI=1S/C13H14ClIN2O/c1-2-16-6-5-13-17-8-12(18-13)10-7-9(14)3-4-11(10)15/h3-4,7-8,16H,2,5-6H2,1H3. The summed E-state index contributed by atoms with van der Waals surface area (Å²) in [5.41, 5.74) is 0.991. The van der Waals surface area contributed by atoms with Gasteiger partial charge >= 0.3 is 0 Å². The third-order valence-corrected chi connectivity index (χ3v) is 3.69. The number of likely N-dealkylation sites (N-methyl/N-ethyl adjacent to an activating group) is 1. The van der Waals surface area contributed by atoms with E-state index in [0.29, 0.717) is 5.02 Å². The van der Waals surface area contributed by atoms with Crippen LogP contribution in [0.3, 0.4) is 0 Å². The first-order chi connectivity index (χ1) is 8.70. The maximum absolute atomic E-state index is 6.00. The number of nitrogens with zero attached hydrogens (tertiary/aromatic N) is 1. The van der Waals surface area contributed by atoms with E-state index in [2.05, 4.69) is 39.8 Å². The lowest BCUT2D eigenvalue weighted by Gasteiger charge is -2.01. The number of rotatable bonds is 5. The molecule has 2 rings (SSSR count). The van der Waals surface area contributed by atoms with Gasteiger partial charge in [-0.1, -0.05) is 18.5 Å². The highest BCUT2D eigenvalue weighted by Gasteiger charge is 2.10. The van der Waals surface area contributed by atoms with E-state index in [1.807, 2.05) is 18.2 Å². The fourth-order valence-corrected chi connectivity index (χ4v) is 2.38. The van der Waals surface area contributed by atoms with Gasteiger partial charge in [0.1, 0.15) is 0 Å². The van der Waals surface area contributed by atoms with E-state index in [1.54, 1.807) is 6.20 Å². The highest BCUT2D eigenvalue weighted by atomic mass is 127. The Bertz CT molecular complexity index is 527. The third-order valence-electron chi connectivity index (χ3n) is 2.51. The predicted molar refractivity (Wildman–Crippen MR) is 81.9 cm³/mol. The summed E-state index contributed by atoms with van der Waals surface area (Å²) >= 11 is 8.27. The zero-order valence-corrected chi connectivity index (χ0v) is 13.0. The minimum absolute atomic E-state index is 0.705. The molecule has 96 valence electrons. The Hall–Kier alpha value is -0.590. The summed E-state index contributed by atoms with van der Waals surface area (Å²) in [6.45, 7) is 3.91. The number of aromatic nitrogens is 1. The van der Waals surface area contributed by atoms with Crippen LogP contribution in [0.15, 0.2) is 28.8 Å². The van der Waals surface area contributed by atoms with E-state index >= 15 is 0 Å². The summed E-state index contributed by atoms with van der Waals surface area (Å²) in [6, 6.07) is 5.74. The number of hydrogen-bond acceptors (Lipinski definition) is 3. The Morgan fingerprint density at radius 3 is 3.06 bits per heavy atom. The van der Waals surface area contributed by atoms with Crippen LogP contribution >= 0.6 is 34.2 Å². The highest BCUT2D eigenvalue weighted by Crippen LogP contribution is 2.28. The Morgan fingerprint density at radius 1 is 1.44 bits per heavy atom. The van der Waals surface area contributed by atoms with Crippen LogP contribution in [0.1, 0.15) is 12.8 Å². The monoisotopic (exact) mass is 376 g/mol. The minimum Gasteiger partial charge on any atom is -0.441 e. The largest absolute Gasteiger partial charge is 0.441 e. The van der Waals surface area contributed by atoms with Gasteiger partial charge in [0.05, 0.1) is 6.20 Å². The molecule has 0 fully saturated rings. The van der Waals surface area contributed by atoms with Crippen LogP contribution in [0.5, 0.6) is 0 Å². The van der Waals surface area contributed by atoms with Gasteiger partial charge in [0.15, 0.2) is 11.7 Å². The molecule has 0 atom stereocenters. The Morgan fingerprint density at radius 2 is 2.28 bits per heavy atom. The van der Waals surface area contributed by atoms with Gasteiger partial charge in [-0.05, 0) is 47.3 Å². The minimum atomic E-state index is 0.705. The third kappa shape index (κ3) is 3.46. The van der Waals surface area contributed by atoms with Crippen LogP contribution in [0.25, 0.3) is 11.3 Å². The fraction of sp³-hybridized carbons (Fsp3) is 0.308. The molecule has 1 aromatic carbocycles. The van der Waals surface area contributed by atoms with Crippen LogP contribution in [0, 0.1) is 3.57 Å². The maximum atomic E-state index is 6.00. The van der Waals surface area contributed by atoms with E-state index in [4.69, 9.17) is 16.0 Å². The predicted octanol–water partition coefficient (Wildman–Crippen LogP) is 3.75. The summed E-state index contributed by atoms with van der Waals surface area (Å²) in [5, 5.41) is 3.95. The van der Waals surface area contributed by atoms with Crippen LogP contribution < -0.4 is 5.32 Å². The molecule has 1 N–H and O–H groups in total. The van der Waals surface area contributed by atoms with Crippen molar-refractivity contribution in [1.29, 1.82) is 0 Å². The second-order valence-corrected chi connectivity index (χ2v) is 5.44. The molecule has 5 heteroatoms. The summed E-state index contributed by atoms with van der Waals surface area (Å²) in [5.74, 6) is 1.52. The van der Waals surface area contributed by atoms with Gasteiger partial charge in [-0.25, -0.2) is 4.98 Å². The van der Waals surface area contributed by atoms with Crippen LogP contribution in [-0.2, 0) is 6.42 Å². The average Bonchev–Trinajstić information content (AvgIpc) is 2.81. The van der Waals surface area contributed by atoms with Crippen molar-refractivity contribution in [3.63, 3.8) is 0 Å². The molecular formula is C13H14ClIN2O. The van der Waals surface area contributed by atoms with Gasteiger partial charge < -0.3 is 9.73 Å². The SMILES string of the molecule is CCNCCc1ncc(-c2cc(Cl)ccc2I)o1. The summed E-state index contributed by atoms with van der Waals surface area (Å²) in [6.07, 6.45) is 2.56. The molecule has 0 spiro atoms. The van der Waals surface area contributed by atoms with Gasteiger partial charge in [-0.3, -0.25) is 0 Å². The van der Waals surface area contributed by atoms with Crippen molar-refractivity contribution in [1.82, 2.24) is 10.3 Å². The Kier molecular flexibility index (Phi) is 5.03. The number of halogens is 2. The van der Waals surface area contributed by atoms with Crippen LogP contribution in [0.4, 0.5) is 0 Å². The molecular weight excluding hydrogens is 363 g/mol. The Labute approximate surface area is 125 Å². The van der Waals surface area contributed by atoms with Gasteiger partial charge in [-0.2, -0.15) is 0 Å². The molecule has 1 aromatic heterocycles.